The number of halogens is 4. The Morgan fingerprint density at radius 1 is 0.967 bits per heavy atom. The second kappa shape index (κ2) is 10.3. The normalized spacial score (nSPS) is 26.3. The van der Waals surface area contributed by atoms with Crippen molar-refractivity contribution >= 4 is 46.4 Å². The summed E-state index contributed by atoms with van der Waals surface area (Å²) in [6.45, 7) is 2.24. The quantitative estimate of drug-likeness (QED) is 0.522. The standard InChI is InChI=1S/C21H22Cl4O5/c1-21(27-2)20(26)19(29-10-13-4-6-15(23)8-17(13)25)18(30-21)11-28-9-12-3-5-14(22)7-16(12)24/h3-8,18-20,26H,9-11H2,1-2H3/t18-,19-,20-,21?/m1/s1. The number of hydrogen-bond acceptors (Lipinski definition) is 5. The van der Waals surface area contributed by atoms with Gasteiger partial charge >= 0.3 is 0 Å². The van der Waals surface area contributed by atoms with Crippen LogP contribution in [0.2, 0.25) is 20.1 Å². The Hall–Kier alpha value is -0.600. The first-order chi connectivity index (χ1) is 14.2. The van der Waals surface area contributed by atoms with Crippen LogP contribution in [0.3, 0.4) is 0 Å². The second-order valence-corrected chi connectivity index (χ2v) is 8.77. The largest absolute Gasteiger partial charge is 0.385 e. The molecule has 164 valence electrons. The summed E-state index contributed by atoms with van der Waals surface area (Å²) in [6.07, 6.45) is -2.29. The van der Waals surface area contributed by atoms with Gasteiger partial charge in [-0.25, -0.2) is 0 Å². The lowest BCUT2D eigenvalue weighted by Crippen LogP contribution is -2.43. The van der Waals surface area contributed by atoms with E-state index in [1.165, 1.54) is 7.11 Å². The third-order valence-electron chi connectivity index (χ3n) is 5.01. The molecular formula is C21H22Cl4O5. The van der Waals surface area contributed by atoms with Gasteiger partial charge in [0, 0.05) is 27.2 Å². The fourth-order valence-electron chi connectivity index (χ4n) is 3.18. The number of aliphatic hydroxyl groups is 1. The average Bonchev–Trinajstić information content (AvgIpc) is 2.94. The fourth-order valence-corrected chi connectivity index (χ4v) is 4.11. The van der Waals surface area contributed by atoms with E-state index in [0.29, 0.717) is 20.1 Å². The number of methoxy groups -OCH3 is 1. The molecule has 1 aliphatic rings. The Kier molecular flexibility index (Phi) is 8.29. The first-order valence-corrected chi connectivity index (χ1v) is 10.7. The van der Waals surface area contributed by atoms with Gasteiger partial charge in [-0.2, -0.15) is 0 Å². The van der Waals surface area contributed by atoms with Crippen molar-refractivity contribution in [1.82, 2.24) is 0 Å². The lowest BCUT2D eigenvalue weighted by Gasteiger charge is -2.26. The van der Waals surface area contributed by atoms with Crippen LogP contribution in [-0.4, -0.2) is 42.9 Å². The summed E-state index contributed by atoms with van der Waals surface area (Å²) in [7, 11) is 1.47. The van der Waals surface area contributed by atoms with Gasteiger partial charge in [0.05, 0.1) is 19.8 Å². The fraction of sp³-hybridized carbons (Fsp3) is 0.429. The van der Waals surface area contributed by atoms with Gasteiger partial charge in [-0.3, -0.25) is 0 Å². The van der Waals surface area contributed by atoms with Crippen molar-refractivity contribution < 1.29 is 24.1 Å². The minimum atomic E-state index is -1.22. The van der Waals surface area contributed by atoms with Crippen molar-refractivity contribution in [1.29, 1.82) is 0 Å². The molecule has 2 aromatic carbocycles. The maximum atomic E-state index is 10.7. The van der Waals surface area contributed by atoms with Gasteiger partial charge < -0.3 is 24.1 Å². The summed E-state index contributed by atoms with van der Waals surface area (Å²) in [6, 6.07) is 10.3. The molecule has 4 atom stereocenters. The second-order valence-electron chi connectivity index (χ2n) is 7.08. The molecule has 1 fully saturated rings. The van der Waals surface area contributed by atoms with Crippen molar-refractivity contribution in [2.24, 2.45) is 0 Å². The first kappa shape index (κ1) is 24.1. The molecule has 0 amide bonds. The van der Waals surface area contributed by atoms with Crippen molar-refractivity contribution in [2.45, 2.75) is 44.2 Å². The molecule has 1 saturated heterocycles. The van der Waals surface area contributed by atoms with Crippen molar-refractivity contribution in [3.63, 3.8) is 0 Å². The van der Waals surface area contributed by atoms with Crippen LogP contribution in [0.1, 0.15) is 18.1 Å². The van der Waals surface area contributed by atoms with Gasteiger partial charge in [0.15, 0.2) is 5.79 Å². The maximum Gasteiger partial charge on any atom is 0.194 e. The van der Waals surface area contributed by atoms with Crippen LogP contribution in [0, 0.1) is 0 Å². The van der Waals surface area contributed by atoms with E-state index < -0.39 is 24.1 Å². The SMILES string of the molecule is COC1(C)O[C@H](COCc2ccc(Cl)cc2Cl)[C@@H](OCc2ccc(Cl)cc2Cl)[C@H]1O. The zero-order chi connectivity index (χ0) is 21.9. The van der Waals surface area contributed by atoms with Crippen LogP contribution in [0.25, 0.3) is 0 Å². The molecule has 0 radical (unpaired) electrons. The molecule has 0 aromatic heterocycles. The molecule has 9 heteroatoms. The molecule has 1 aliphatic heterocycles. The molecule has 1 unspecified atom stereocenters. The van der Waals surface area contributed by atoms with Crippen LogP contribution in [0.4, 0.5) is 0 Å². The van der Waals surface area contributed by atoms with Crippen LogP contribution in [0.5, 0.6) is 0 Å². The van der Waals surface area contributed by atoms with E-state index in [1.54, 1.807) is 43.3 Å². The van der Waals surface area contributed by atoms with Crippen molar-refractivity contribution in [3.05, 3.63) is 67.6 Å². The monoisotopic (exact) mass is 494 g/mol. The highest BCUT2D eigenvalue weighted by Gasteiger charge is 2.53. The van der Waals surface area contributed by atoms with E-state index in [2.05, 4.69) is 0 Å². The van der Waals surface area contributed by atoms with Gasteiger partial charge in [-0.15, -0.1) is 0 Å². The Labute approximate surface area is 195 Å². The maximum absolute atomic E-state index is 10.7. The van der Waals surface area contributed by atoms with E-state index in [9.17, 15) is 5.11 Å². The Morgan fingerprint density at radius 3 is 2.07 bits per heavy atom. The number of ether oxygens (including phenoxy) is 4. The van der Waals surface area contributed by atoms with Crippen molar-refractivity contribution in [2.75, 3.05) is 13.7 Å². The molecular weight excluding hydrogens is 474 g/mol. The summed E-state index contributed by atoms with van der Waals surface area (Å²) in [5.74, 6) is -1.22. The number of hydrogen-bond donors (Lipinski definition) is 1. The number of benzene rings is 2. The zero-order valence-corrected chi connectivity index (χ0v) is 19.4. The molecule has 2 aromatic rings. The lowest BCUT2D eigenvalue weighted by molar-refractivity contribution is -0.236. The predicted molar refractivity (Wildman–Crippen MR) is 117 cm³/mol. The highest BCUT2D eigenvalue weighted by Crippen LogP contribution is 2.35. The number of aliphatic hydroxyl groups excluding tert-OH is 1. The Bertz CT molecular complexity index is 880. The highest BCUT2D eigenvalue weighted by atomic mass is 35.5. The van der Waals surface area contributed by atoms with Crippen LogP contribution in [-0.2, 0) is 32.2 Å². The van der Waals surface area contributed by atoms with Crippen molar-refractivity contribution in [3.8, 4) is 0 Å². The summed E-state index contributed by atoms with van der Waals surface area (Å²) in [5, 5.41) is 12.8. The molecule has 0 saturated carbocycles. The lowest BCUT2D eigenvalue weighted by atomic mass is 10.1. The minimum Gasteiger partial charge on any atom is -0.385 e. The van der Waals surface area contributed by atoms with Crippen LogP contribution >= 0.6 is 46.4 Å². The third kappa shape index (κ3) is 5.60. The molecule has 5 nitrogen and oxygen atoms in total. The topological polar surface area (TPSA) is 57.2 Å². The molecule has 1 heterocycles. The average molecular weight is 496 g/mol. The summed E-state index contributed by atoms with van der Waals surface area (Å²) >= 11 is 24.3. The minimum absolute atomic E-state index is 0.161. The summed E-state index contributed by atoms with van der Waals surface area (Å²) in [5.41, 5.74) is 1.53. The van der Waals surface area contributed by atoms with E-state index in [4.69, 9.17) is 65.4 Å². The summed E-state index contributed by atoms with van der Waals surface area (Å²) < 4.78 is 23.0. The van der Waals surface area contributed by atoms with E-state index in [0.717, 1.165) is 11.1 Å². The molecule has 1 N–H and O–H groups in total. The molecule has 0 bridgehead atoms. The van der Waals surface area contributed by atoms with Gasteiger partial charge in [-0.05, 0) is 42.3 Å². The smallest absolute Gasteiger partial charge is 0.194 e. The van der Waals surface area contributed by atoms with E-state index in [-0.39, 0.29) is 19.8 Å². The van der Waals surface area contributed by atoms with E-state index in [1.807, 2.05) is 0 Å². The molecule has 0 spiro atoms. The Balaban J connectivity index is 1.65. The zero-order valence-electron chi connectivity index (χ0n) is 16.4. The van der Waals surface area contributed by atoms with Gasteiger partial charge in [0.25, 0.3) is 0 Å². The Morgan fingerprint density at radius 2 is 1.53 bits per heavy atom. The highest BCUT2D eigenvalue weighted by molar-refractivity contribution is 6.35. The molecule has 3 rings (SSSR count). The molecule has 30 heavy (non-hydrogen) atoms. The van der Waals surface area contributed by atoms with Gasteiger partial charge in [0.2, 0.25) is 0 Å². The first-order valence-electron chi connectivity index (χ1n) is 9.21. The van der Waals surface area contributed by atoms with Crippen LogP contribution in [0.15, 0.2) is 36.4 Å². The number of rotatable bonds is 8. The van der Waals surface area contributed by atoms with Gasteiger partial charge in [-0.1, -0.05) is 58.5 Å². The third-order valence-corrected chi connectivity index (χ3v) is 6.18. The van der Waals surface area contributed by atoms with E-state index >= 15 is 0 Å². The molecule has 0 aliphatic carbocycles. The summed E-state index contributed by atoms with van der Waals surface area (Å²) in [4.78, 5) is 0. The van der Waals surface area contributed by atoms with Crippen LogP contribution < -0.4 is 0 Å². The van der Waals surface area contributed by atoms with Gasteiger partial charge in [0.1, 0.15) is 18.3 Å². The predicted octanol–water partition coefficient (Wildman–Crippen LogP) is 5.52.